The molecule has 1 rings (SSSR count). The SMILES string of the molecule is CC(C)(CC(N)CC1CC1)NO. The van der Waals surface area contributed by atoms with Gasteiger partial charge < -0.3 is 10.9 Å². The van der Waals surface area contributed by atoms with Crippen molar-refractivity contribution in [3.8, 4) is 0 Å². The van der Waals surface area contributed by atoms with Gasteiger partial charge in [-0.05, 0) is 32.6 Å². The summed E-state index contributed by atoms with van der Waals surface area (Å²) in [6.45, 7) is 3.92. The molecule has 0 radical (unpaired) electrons. The van der Waals surface area contributed by atoms with Gasteiger partial charge in [0.1, 0.15) is 0 Å². The minimum Gasteiger partial charge on any atom is -0.328 e. The lowest BCUT2D eigenvalue weighted by Crippen LogP contribution is -2.42. The highest BCUT2D eigenvalue weighted by Gasteiger charge is 2.27. The maximum atomic E-state index is 8.79. The van der Waals surface area contributed by atoms with Crippen LogP contribution in [-0.2, 0) is 0 Å². The third kappa shape index (κ3) is 3.52. The number of rotatable bonds is 5. The molecule has 0 aromatic carbocycles. The van der Waals surface area contributed by atoms with Crippen LogP contribution in [0.25, 0.3) is 0 Å². The molecule has 1 unspecified atom stereocenters. The number of nitrogens with one attached hydrogen (secondary N) is 1. The van der Waals surface area contributed by atoms with Crippen molar-refractivity contribution in [2.45, 2.75) is 51.1 Å². The first kappa shape index (κ1) is 9.96. The summed E-state index contributed by atoms with van der Waals surface area (Å²) in [6.07, 6.45) is 4.65. The van der Waals surface area contributed by atoms with Gasteiger partial charge in [-0.15, -0.1) is 0 Å². The van der Waals surface area contributed by atoms with Crippen molar-refractivity contribution in [3.05, 3.63) is 0 Å². The number of hydrogen-bond donors (Lipinski definition) is 3. The second kappa shape index (κ2) is 3.73. The first-order chi connectivity index (χ1) is 5.53. The molecule has 1 aliphatic carbocycles. The Hall–Kier alpha value is -0.120. The highest BCUT2D eigenvalue weighted by Crippen LogP contribution is 2.34. The predicted octanol–water partition coefficient (Wildman–Crippen LogP) is 1.26. The topological polar surface area (TPSA) is 58.3 Å². The van der Waals surface area contributed by atoms with Gasteiger partial charge in [0, 0.05) is 11.6 Å². The fourth-order valence-electron chi connectivity index (χ4n) is 1.57. The Morgan fingerprint density at radius 3 is 2.58 bits per heavy atom. The Balaban J connectivity index is 2.18. The van der Waals surface area contributed by atoms with E-state index in [9.17, 15) is 0 Å². The van der Waals surface area contributed by atoms with Gasteiger partial charge in [0.2, 0.25) is 0 Å². The van der Waals surface area contributed by atoms with Crippen LogP contribution in [0.3, 0.4) is 0 Å². The quantitative estimate of drug-likeness (QED) is 0.547. The largest absolute Gasteiger partial charge is 0.328 e. The second-order valence-corrected chi connectivity index (χ2v) is 4.64. The molecule has 3 heteroatoms. The van der Waals surface area contributed by atoms with Crippen LogP contribution in [0.15, 0.2) is 0 Å². The van der Waals surface area contributed by atoms with E-state index >= 15 is 0 Å². The van der Waals surface area contributed by atoms with E-state index in [0.717, 1.165) is 18.8 Å². The standard InChI is InChI=1S/C9H20N2O/c1-9(2,11-12)6-8(10)5-7-3-4-7/h7-8,11-12H,3-6,10H2,1-2H3. The molecule has 0 amide bonds. The fourth-order valence-corrected chi connectivity index (χ4v) is 1.57. The van der Waals surface area contributed by atoms with E-state index in [1.807, 2.05) is 13.8 Å². The third-order valence-electron chi connectivity index (χ3n) is 2.41. The Kier molecular flexibility index (Phi) is 3.09. The zero-order valence-corrected chi connectivity index (χ0v) is 8.01. The monoisotopic (exact) mass is 172 g/mol. The molecule has 0 heterocycles. The third-order valence-corrected chi connectivity index (χ3v) is 2.41. The van der Waals surface area contributed by atoms with Crippen molar-refractivity contribution in [1.29, 1.82) is 0 Å². The second-order valence-electron chi connectivity index (χ2n) is 4.64. The van der Waals surface area contributed by atoms with Crippen molar-refractivity contribution >= 4 is 0 Å². The van der Waals surface area contributed by atoms with E-state index in [1.165, 1.54) is 12.8 Å². The molecule has 0 saturated heterocycles. The molecule has 0 aromatic heterocycles. The van der Waals surface area contributed by atoms with Crippen LogP contribution >= 0.6 is 0 Å². The lowest BCUT2D eigenvalue weighted by atomic mass is 9.94. The zero-order chi connectivity index (χ0) is 9.19. The fraction of sp³-hybridized carbons (Fsp3) is 1.00. The molecule has 12 heavy (non-hydrogen) atoms. The van der Waals surface area contributed by atoms with Gasteiger partial charge in [-0.1, -0.05) is 12.8 Å². The molecule has 1 fully saturated rings. The van der Waals surface area contributed by atoms with Gasteiger partial charge in [-0.3, -0.25) is 0 Å². The van der Waals surface area contributed by atoms with Crippen molar-refractivity contribution in [3.63, 3.8) is 0 Å². The molecule has 72 valence electrons. The first-order valence-electron chi connectivity index (χ1n) is 4.70. The molecule has 0 aromatic rings. The van der Waals surface area contributed by atoms with Gasteiger partial charge in [-0.25, -0.2) is 0 Å². The minimum absolute atomic E-state index is 0.229. The summed E-state index contributed by atoms with van der Waals surface area (Å²) in [5.74, 6) is 0.870. The van der Waals surface area contributed by atoms with Crippen LogP contribution in [0.2, 0.25) is 0 Å². The molecular weight excluding hydrogens is 152 g/mol. The van der Waals surface area contributed by atoms with Crippen LogP contribution in [0, 0.1) is 5.92 Å². The molecule has 4 N–H and O–H groups in total. The van der Waals surface area contributed by atoms with Gasteiger partial charge >= 0.3 is 0 Å². The number of hydrogen-bond acceptors (Lipinski definition) is 3. The minimum atomic E-state index is -0.242. The Bertz CT molecular complexity index is 143. The number of nitrogens with two attached hydrogens (primary N) is 1. The van der Waals surface area contributed by atoms with Crippen LogP contribution in [0.1, 0.15) is 39.5 Å². The Labute approximate surface area is 74.3 Å². The van der Waals surface area contributed by atoms with Crippen LogP contribution in [0.4, 0.5) is 0 Å². The average Bonchev–Trinajstić information content (AvgIpc) is 2.70. The molecule has 3 nitrogen and oxygen atoms in total. The van der Waals surface area contributed by atoms with Gasteiger partial charge in [0.15, 0.2) is 0 Å². The summed E-state index contributed by atoms with van der Waals surface area (Å²) < 4.78 is 0. The Morgan fingerprint density at radius 2 is 2.17 bits per heavy atom. The summed E-state index contributed by atoms with van der Waals surface area (Å²) >= 11 is 0. The van der Waals surface area contributed by atoms with Crippen LogP contribution in [0.5, 0.6) is 0 Å². The molecule has 1 atom stereocenters. The smallest absolute Gasteiger partial charge is 0.0388 e. The zero-order valence-electron chi connectivity index (χ0n) is 8.01. The van der Waals surface area contributed by atoms with Crippen molar-refractivity contribution in [2.24, 2.45) is 11.7 Å². The molecule has 0 bridgehead atoms. The molecule has 1 aliphatic rings. The summed E-state index contributed by atoms with van der Waals surface area (Å²) in [7, 11) is 0. The van der Waals surface area contributed by atoms with E-state index in [4.69, 9.17) is 10.9 Å². The lowest BCUT2D eigenvalue weighted by Gasteiger charge is -2.26. The summed E-state index contributed by atoms with van der Waals surface area (Å²) in [5.41, 5.74) is 7.97. The predicted molar refractivity (Wildman–Crippen MR) is 48.9 cm³/mol. The first-order valence-corrected chi connectivity index (χ1v) is 4.70. The summed E-state index contributed by atoms with van der Waals surface area (Å²) in [5, 5.41) is 8.79. The summed E-state index contributed by atoms with van der Waals surface area (Å²) in [4.78, 5) is 0. The molecular formula is C9H20N2O. The van der Waals surface area contributed by atoms with Crippen LogP contribution in [-0.4, -0.2) is 16.8 Å². The van der Waals surface area contributed by atoms with E-state index in [0.29, 0.717) is 0 Å². The van der Waals surface area contributed by atoms with E-state index in [2.05, 4.69) is 5.48 Å². The van der Waals surface area contributed by atoms with Gasteiger partial charge in [-0.2, -0.15) is 5.48 Å². The highest BCUT2D eigenvalue weighted by atomic mass is 16.5. The lowest BCUT2D eigenvalue weighted by molar-refractivity contribution is 0.0715. The van der Waals surface area contributed by atoms with Gasteiger partial charge in [0.05, 0.1) is 0 Å². The van der Waals surface area contributed by atoms with Crippen molar-refractivity contribution in [1.82, 2.24) is 5.48 Å². The average molecular weight is 172 g/mol. The van der Waals surface area contributed by atoms with E-state index < -0.39 is 0 Å². The Morgan fingerprint density at radius 1 is 1.58 bits per heavy atom. The normalized spacial score (nSPS) is 21.0. The van der Waals surface area contributed by atoms with Crippen molar-refractivity contribution in [2.75, 3.05) is 0 Å². The number of hydroxylamine groups is 1. The maximum absolute atomic E-state index is 8.79. The van der Waals surface area contributed by atoms with Gasteiger partial charge in [0.25, 0.3) is 0 Å². The maximum Gasteiger partial charge on any atom is 0.0388 e. The molecule has 0 spiro atoms. The molecule has 1 saturated carbocycles. The van der Waals surface area contributed by atoms with Crippen molar-refractivity contribution < 1.29 is 5.21 Å². The summed E-state index contributed by atoms with van der Waals surface area (Å²) in [6, 6.07) is 0.229. The van der Waals surface area contributed by atoms with E-state index in [-0.39, 0.29) is 11.6 Å². The van der Waals surface area contributed by atoms with E-state index in [1.54, 1.807) is 0 Å². The van der Waals surface area contributed by atoms with Crippen LogP contribution < -0.4 is 11.2 Å². The molecule has 0 aliphatic heterocycles. The highest BCUT2D eigenvalue weighted by molar-refractivity contribution is 4.84.